The Morgan fingerprint density at radius 1 is 0.783 bits per heavy atom. The van der Waals surface area contributed by atoms with Crippen LogP contribution in [0, 0.1) is 0 Å². The largest absolute Gasteiger partial charge is 0.549 e. The van der Waals surface area contributed by atoms with Crippen LogP contribution in [0.3, 0.4) is 0 Å². The lowest BCUT2D eigenvalue weighted by Crippen LogP contribution is -2.38. The highest BCUT2D eigenvalue weighted by Gasteiger charge is 2.15. The van der Waals surface area contributed by atoms with Gasteiger partial charge < -0.3 is 19.8 Å². The van der Waals surface area contributed by atoms with Gasteiger partial charge in [-0.3, -0.25) is 0 Å². The molecule has 0 bridgehead atoms. The van der Waals surface area contributed by atoms with Gasteiger partial charge >= 0.3 is 0 Å². The molecule has 23 heavy (non-hydrogen) atoms. The number of carbonyl (C=O) groups is 2. The fraction of sp³-hybridized carbons (Fsp3) is 0.889. The van der Waals surface area contributed by atoms with Gasteiger partial charge in [0, 0.05) is 10.5 Å². The van der Waals surface area contributed by atoms with E-state index in [9.17, 15) is 19.8 Å². The van der Waals surface area contributed by atoms with E-state index in [0.29, 0.717) is 6.42 Å². The third-order valence-electron chi connectivity index (χ3n) is 4.03. The standard InChI is InChI=1S/C18H34O4S/c1-3-4-5-6-7-8-9-10-11-12-13-14-16(18(21)22)23-15(2)17(19)20/h15-16H,3-14H2,1-2H3,(H,19,20)(H,21,22)/p-2. The van der Waals surface area contributed by atoms with E-state index in [1.807, 2.05) is 0 Å². The first-order valence-corrected chi connectivity index (χ1v) is 10.0. The monoisotopic (exact) mass is 344 g/mol. The van der Waals surface area contributed by atoms with Crippen LogP contribution in [-0.4, -0.2) is 22.4 Å². The topological polar surface area (TPSA) is 80.3 Å². The maximum absolute atomic E-state index is 11.0. The van der Waals surface area contributed by atoms with Gasteiger partial charge in [0.25, 0.3) is 0 Å². The zero-order valence-electron chi connectivity index (χ0n) is 14.7. The summed E-state index contributed by atoms with van der Waals surface area (Å²) in [5.74, 6) is -2.39. The molecular formula is C18H32O4S-2. The molecule has 2 atom stereocenters. The molecule has 5 heteroatoms. The number of hydrogen-bond acceptors (Lipinski definition) is 5. The number of thioether (sulfide) groups is 1. The smallest absolute Gasteiger partial charge is 0.0544 e. The van der Waals surface area contributed by atoms with Crippen molar-refractivity contribution in [2.45, 2.75) is 101 Å². The molecule has 0 N–H and O–H groups in total. The molecule has 0 saturated carbocycles. The summed E-state index contributed by atoms with van der Waals surface area (Å²) in [5.41, 5.74) is 0. The van der Waals surface area contributed by atoms with Gasteiger partial charge in [0.15, 0.2) is 0 Å². The van der Waals surface area contributed by atoms with Crippen molar-refractivity contribution in [2.24, 2.45) is 0 Å². The molecule has 0 rings (SSSR count). The number of carboxylic acids is 2. The Morgan fingerprint density at radius 3 is 1.61 bits per heavy atom. The van der Waals surface area contributed by atoms with Gasteiger partial charge in [0.2, 0.25) is 0 Å². The lowest BCUT2D eigenvalue weighted by atomic mass is 10.0. The third-order valence-corrected chi connectivity index (χ3v) is 5.39. The Labute approximate surface area is 145 Å². The second-order valence-corrected chi connectivity index (χ2v) is 7.78. The Morgan fingerprint density at radius 2 is 1.22 bits per heavy atom. The minimum Gasteiger partial charge on any atom is -0.549 e. The summed E-state index contributed by atoms with van der Waals surface area (Å²) in [4.78, 5) is 21.7. The second kappa shape index (κ2) is 14.9. The number of rotatable bonds is 16. The SMILES string of the molecule is CCCCCCCCCCCCCC(SC(C)C(=O)[O-])C(=O)[O-]. The van der Waals surface area contributed by atoms with Gasteiger partial charge in [-0.25, -0.2) is 0 Å². The van der Waals surface area contributed by atoms with Gasteiger partial charge in [0.05, 0.1) is 11.9 Å². The minimum atomic E-state index is -1.22. The van der Waals surface area contributed by atoms with Crippen molar-refractivity contribution in [3.8, 4) is 0 Å². The minimum absolute atomic E-state index is 0.474. The van der Waals surface area contributed by atoms with Crippen LogP contribution in [0.2, 0.25) is 0 Å². The van der Waals surface area contributed by atoms with Crippen molar-refractivity contribution in [3.05, 3.63) is 0 Å². The summed E-state index contributed by atoms with van der Waals surface area (Å²) in [6, 6.07) is 0. The zero-order chi connectivity index (χ0) is 17.5. The van der Waals surface area contributed by atoms with Crippen molar-refractivity contribution >= 4 is 23.7 Å². The highest BCUT2D eigenvalue weighted by atomic mass is 32.2. The van der Waals surface area contributed by atoms with E-state index in [1.165, 1.54) is 58.3 Å². The molecule has 0 spiro atoms. The fourth-order valence-corrected chi connectivity index (χ4v) is 3.56. The van der Waals surface area contributed by atoms with E-state index in [2.05, 4.69) is 6.92 Å². The second-order valence-electron chi connectivity index (χ2n) is 6.23. The molecule has 0 heterocycles. The summed E-state index contributed by atoms with van der Waals surface area (Å²) in [6.07, 6.45) is 13.8. The normalized spacial score (nSPS) is 13.7. The van der Waals surface area contributed by atoms with Gasteiger partial charge in [-0.1, -0.05) is 77.6 Å². The van der Waals surface area contributed by atoms with Crippen molar-refractivity contribution in [3.63, 3.8) is 0 Å². The Hall–Kier alpha value is -0.710. The predicted octanol–water partition coefficient (Wildman–Crippen LogP) is 2.68. The highest BCUT2D eigenvalue weighted by Crippen LogP contribution is 2.22. The lowest BCUT2D eigenvalue weighted by molar-refractivity contribution is -0.305. The first kappa shape index (κ1) is 22.3. The van der Waals surface area contributed by atoms with Gasteiger partial charge in [0.1, 0.15) is 0 Å². The van der Waals surface area contributed by atoms with E-state index in [4.69, 9.17) is 0 Å². The number of carboxylic acid groups (broad SMARTS) is 2. The molecule has 0 aliphatic carbocycles. The molecule has 0 aromatic carbocycles. The highest BCUT2D eigenvalue weighted by molar-refractivity contribution is 8.01. The lowest BCUT2D eigenvalue weighted by Gasteiger charge is -2.22. The number of hydrogen-bond donors (Lipinski definition) is 0. The summed E-state index contributed by atoms with van der Waals surface area (Å²) < 4.78 is 0. The van der Waals surface area contributed by atoms with Crippen LogP contribution in [0.25, 0.3) is 0 Å². The molecule has 0 amide bonds. The van der Waals surface area contributed by atoms with Crippen LogP contribution in [0.5, 0.6) is 0 Å². The number of carbonyl (C=O) groups excluding carboxylic acids is 2. The van der Waals surface area contributed by atoms with E-state index in [1.54, 1.807) is 0 Å². The Kier molecular flexibility index (Phi) is 14.4. The molecule has 0 aromatic rings. The maximum Gasteiger partial charge on any atom is 0.0544 e. The fourth-order valence-electron chi connectivity index (χ4n) is 2.54. The molecule has 136 valence electrons. The molecule has 0 fully saturated rings. The summed E-state index contributed by atoms with van der Waals surface area (Å²) >= 11 is 0.918. The van der Waals surface area contributed by atoms with Crippen LogP contribution in [0.1, 0.15) is 90.9 Å². The predicted molar refractivity (Wildman–Crippen MR) is 91.9 cm³/mol. The third kappa shape index (κ3) is 13.4. The molecule has 0 aromatic heterocycles. The van der Waals surface area contributed by atoms with Crippen LogP contribution in [0.4, 0.5) is 0 Å². The molecule has 0 aliphatic rings. The molecule has 2 unspecified atom stereocenters. The van der Waals surface area contributed by atoms with E-state index in [0.717, 1.165) is 31.0 Å². The summed E-state index contributed by atoms with van der Waals surface area (Å²) in [7, 11) is 0. The first-order valence-electron chi connectivity index (χ1n) is 9.06. The van der Waals surface area contributed by atoms with Crippen molar-refractivity contribution in [1.29, 1.82) is 0 Å². The van der Waals surface area contributed by atoms with Crippen LogP contribution >= 0.6 is 11.8 Å². The van der Waals surface area contributed by atoms with Crippen molar-refractivity contribution in [1.82, 2.24) is 0 Å². The molecule has 0 radical (unpaired) electrons. The molecule has 4 nitrogen and oxygen atoms in total. The molecular weight excluding hydrogens is 312 g/mol. The van der Waals surface area contributed by atoms with Gasteiger partial charge in [-0.05, 0) is 13.3 Å². The quantitative estimate of drug-likeness (QED) is 0.402. The Bertz CT molecular complexity index is 320. The van der Waals surface area contributed by atoms with Crippen LogP contribution < -0.4 is 10.2 Å². The van der Waals surface area contributed by atoms with Crippen LogP contribution in [0.15, 0.2) is 0 Å². The molecule has 0 aliphatic heterocycles. The van der Waals surface area contributed by atoms with Crippen LogP contribution in [-0.2, 0) is 9.59 Å². The molecule has 0 saturated heterocycles. The Balaban J connectivity index is 3.56. The number of unbranched alkanes of at least 4 members (excludes halogenated alkanes) is 10. The van der Waals surface area contributed by atoms with Crippen molar-refractivity contribution < 1.29 is 19.8 Å². The summed E-state index contributed by atoms with van der Waals surface area (Å²) in [5, 5.41) is 20.1. The van der Waals surface area contributed by atoms with E-state index < -0.39 is 22.4 Å². The van der Waals surface area contributed by atoms with Gasteiger partial charge in [-0.2, -0.15) is 0 Å². The number of aliphatic carboxylic acids is 2. The van der Waals surface area contributed by atoms with Gasteiger partial charge in [-0.15, -0.1) is 11.8 Å². The van der Waals surface area contributed by atoms with E-state index in [-0.39, 0.29) is 0 Å². The van der Waals surface area contributed by atoms with E-state index >= 15 is 0 Å². The van der Waals surface area contributed by atoms with Crippen molar-refractivity contribution in [2.75, 3.05) is 0 Å². The average molecular weight is 345 g/mol. The maximum atomic E-state index is 11.0. The first-order chi connectivity index (χ1) is 11.0. The zero-order valence-corrected chi connectivity index (χ0v) is 15.5. The average Bonchev–Trinajstić information content (AvgIpc) is 2.50. The summed E-state index contributed by atoms with van der Waals surface area (Å²) in [6.45, 7) is 3.68.